The van der Waals surface area contributed by atoms with Crippen LogP contribution in [0.1, 0.15) is 15.9 Å². The van der Waals surface area contributed by atoms with Gasteiger partial charge in [0.25, 0.3) is 15.9 Å². The predicted molar refractivity (Wildman–Crippen MR) is 120 cm³/mol. The van der Waals surface area contributed by atoms with Crippen LogP contribution >= 0.6 is 11.3 Å². The number of pyridine rings is 1. The SMILES string of the molecule is O=C(N/N=C/c1ccc(O)c2ncccc12)c1ccc(NS(=O)(=O)c2cccs2)cc1. The smallest absolute Gasteiger partial charge is 0.271 e. The van der Waals surface area contributed by atoms with E-state index in [-0.39, 0.29) is 9.96 Å². The van der Waals surface area contributed by atoms with Crippen LogP contribution in [0.3, 0.4) is 0 Å². The Labute approximate surface area is 181 Å². The summed E-state index contributed by atoms with van der Waals surface area (Å²) in [4.78, 5) is 16.5. The Morgan fingerprint density at radius 1 is 1.06 bits per heavy atom. The lowest BCUT2D eigenvalue weighted by atomic mass is 10.1. The highest BCUT2D eigenvalue weighted by atomic mass is 32.2. The van der Waals surface area contributed by atoms with Crippen LogP contribution in [-0.4, -0.2) is 30.6 Å². The summed E-state index contributed by atoms with van der Waals surface area (Å²) in [5.74, 6) is -0.392. The van der Waals surface area contributed by atoms with Gasteiger partial charge in [-0.3, -0.25) is 14.5 Å². The van der Waals surface area contributed by atoms with Crippen LogP contribution in [0.2, 0.25) is 0 Å². The Morgan fingerprint density at radius 3 is 2.61 bits per heavy atom. The zero-order valence-corrected chi connectivity index (χ0v) is 17.5. The average Bonchev–Trinajstić information content (AvgIpc) is 3.32. The molecule has 8 nitrogen and oxygen atoms in total. The fraction of sp³-hybridized carbons (Fsp3) is 0. The summed E-state index contributed by atoms with van der Waals surface area (Å²) in [5, 5.41) is 16.2. The van der Waals surface area contributed by atoms with E-state index in [4.69, 9.17) is 0 Å². The summed E-state index contributed by atoms with van der Waals surface area (Å²) in [5.41, 5.74) is 4.21. The van der Waals surface area contributed by atoms with Crippen LogP contribution in [0.25, 0.3) is 10.9 Å². The van der Waals surface area contributed by atoms with E-state index in [1.165, 1.54) is 42.6 Å². The van der Waals surface area contributed by atoms with Crippen LogP contribution in [0.15, 0.2) is 81.6 Å². The lowest BCUT2D eigenvalue weighted by molar-refractivity contribution is 0.0955. The molecule has 2 heterocycles. The molecule has 0 spiro atoms. The maximum absolute atomic E-state index is 12.3. The molecular weight excluding hydrogens is 436 g/mol. The van der Waals surface area contributed by atoms with Crippen molar-refractivity contribution < 1.29 is 18.3 Å². The van der Waals surface area contributed by atoms with E-state index in [9.17, 15) is 18.3 Å². The zero-order valence-electron chi connectivity index (χ0n) is 15.9. The minimum atomic E-state index is -3.65. The molecule has 0 bridgehead atoms. The molecule has 1 amide bonds. The third kappa shape index (κ3) is 4.55. The number of hydrazone groups is 1. The number of benzene rings is 2. The standard InChI is InChI=1S/C21H16N4O4S2/c26-18-10-7-15(17-3-1-11-22-20(17)18)13-23-24-21(27)14-5-8-16(9-6-14)25-31(28,29)19-4-2-12-30-19/h1-13,25-26H,(H,24,27)/b23-13+. The predicted octanol–water partition coefficient (Wildman–Crippen LogP) is 3.57. The number of phenols is 1. The Bertz CT molecular complexity index is 1370. The van der Waals surface area contributed by atoms with Crippen molar-refractivity contribution in [2.45, 2.75) is 4.21 Å². The number of aromatic hydroxyl groups is 1. The lowest BCUT2D eigenvalue weighted by Crippen LogP contribution is -2.17. The number of carbonyl (C=O) groups excluding carboxylic acids is 1. The quantitative estimate of drug-likeness (QED) is 0.305. The summed E-state index contributed by atoms with van der Waals surface area (Å²) in [6, 6.07) is 15.9. The molecule has 156 valence electrons. The number of carbonyl (C=O) groups is 1. The number of rotatable bonds is 6. The third-order valence-electron chi connectivity index (χ3n) is 4.31. The maximum atomic E-state index is 12.3. The van der Waals surface area contributed by atoms with Gasteiger partial charge in [0.05, 0.1) is 6.21 Å². The van der Waals surface area contributed by atoms with Crippen molar-refractivity contribution in [3.63, 3.8) is 0 Å². The highest BCUT2D eigenvalue weighted by molar-refractivity contribution is 7.94. The molecule has 0 radical (unpaired) electrons. The number of nitrogens with zero attached hydrogens (tertiary/aromatic N) is 2. The molecule has 4 aromatic rings. The summed E-state index contributed by atoms with van der Waals surface area (Å²) in [7, 11) is -3.65. The molecule has 10 heteroatoms. The van der Waals surface area contributed by atoms with Gasteiger partial charge in [0, 0.05) is 28.4 Å². The van der Waals surface area contributed by atoms with E-state index in [2.05, 4.69) is 20.2 Å². The Hall–Kier alpha value is -3.76. The molecule has 0 atom stereocenters. The van der Waals surface area contributed by atoms with Crippen molar-refractivity contribution >= 4 is 50.1 Å². The van der Waals surface area contributed by atoms with E-state index >= 15 is 0 Å². The summed E-state index contributed by atoms with van der Waals surface area (Å²) < 4.78 is 27.2. The van der Waals surface area contributed by atoms with Crippen molar-refractivity contribution in [1.82, 2.24) is 10.4 Å². The number of phenolic OH excluding ortho intramolecular Hbond substituents is 1. The van der Waals surface area contributed by atoms with E-state index in [1.807, 2.05) is 0 Å². The molecule has 2 aromatic heterocycles. The highest BCUT2D eigenvalue weighted by Crippen LogP contribution is 2.24. The van der Waals surface area contributed by atoms with Gasteiger partial charge in [-0.05, 0) is 53.9 Å². The number of sulfonamides is 1. The summed E-state index contributed by atoms with van der Waals surface area (Å²) in [6.45, 7) is 0. The highest BCUT2D eigenvalue weighted by Gasteiger charge is 2.15. The fourth-order valence-corrected chi connectivity index (χ4v) is 4.88. The first-order chi connectivity index (χ1) is 14.9. The number of aromatic nitrogens is 1. The summed E-state index contributed by atoms with van der Waals surface area (Å²) in [6.07, 6.45) is 3.04. The Morgan fingerprint density at radius 2 is 1.87 bits per heavy atom. The van der Waals surface area contributed by atoms with Crippen molar-refractivity contribution in [3.05, 3.63) is 83.4 Å². The molecular formula is C21H16N4O4S2. The zero-order chi connectivity index (χ0) is 21.8. The molecule has 0 fully saturated rings. The fourth-order valence-electron chi connectivity index (χ4n) is 2.83. The molecule has 3 N–H and O–H groups in total. The minimum Gasteiger partial charge on any atom is -0.506 e. The van der Waals surface area contributed by atoms with Gasteiger partial charge in [0.15, 0.2) is 0 Å². The second-order valence-electron chi connectivity index (χ2n) is 6.39. The molecule has 0 aliphatic carbocycles. The Kier molecular flexibility index (Phi) is 5.65. The van der Waals surface area contributed by atoms with E-state index in [1.54, 1.807) is 35.8 Å². The number of nitrogens with one attached hydrogen (secondary N) is 2. The van der Waals surface area contributed by atoms with Crippen molar-refractivity contribution in [2.75, 3.05) is 4.72 Å². The number of hydrogen-bond acceptors (Lipinski definition) is 7. The van der Waals surface area contributed by atoms with E-state index in [0.717, 1.165) is 11.3 Å². The number of amides is 1. The van der Waals surface area contributed by atoms with Gasteiger partial charge in [0.2, 0.25) is 0 Å². The van der Waals surface area contributed by atoms with Crippen LogP contribution < -0.4 is 10.1 Å². The van der Waals surface area contributed by atoms with Gasteiger partial charge in [-0.2, -0.15) is 5.10 Å². The third-order valence-corrected chi connectivity index (χ3v) is 7.09. The number of thiophene rings is 1. The van der Waals surface area contributed by atoms with Gasteiger partial charge in [-0.1, -0.05) is 12.1 Å². The van der Waals surface area contributed by atoms with E-state index in [0.29, 0.717) is 27.7 Å². The summed E-state index contributed by atoms with van der Waals surface area (Å²) >= 11 is 1.12. The van der Waals surface area contributed by atoms with Gasteiger partial charge in [0.1, 0.15) is 15.5 Å². The van der Waals surface area contributed by atoms with E-state index < -0.39 is 15.9 Å². The van der Waals surface area contributed by atoms with Crippen LogP contribution in [0, 0.1) is 0 Å². The van der Waals surface area contributed by atoms with Crippen LogP contribution in [0.4, 0.5) is 5.69 Å². The van der Waals surface area contributed by atoms with Crippen molar-refractivity contribution in [1.29, 1.82) is 0 Å². The molecule has 0 aliphatic heterocycles. The maximum Gasteiger partial charge on any atom is 0.271 e. The monoisotopic (exact) mass is 452 g/mol. The van der Waals surface area contributed by atoms with Gasteiger partial charge in [-0.25, -0.2) is 13.8 Å². The minimum absolute atomic E-state index is 0.0616. The van der Waals surface area contributed by atoms with Crippen molar-refractivity contribution in [2.24, 2.45) is 5.10 Å². The molecule has 0 saturated carbocycles. The first-order valence-electron chi connectivity index (χ1n) is 9.00. The molecule has 4 rings (SSSR count). The van der Waals surface area contributed by atoms with Crippen LogP contribution in [0.5, 0.6) is 5.75 Å². The second-order valence-corrected chi connectivity index (χ2v) is 9.24. The van der Waals surface area contributed by atoms with Crippen LogP contribution in [-0.2, 0) is 10.0 Å². The van der Waals surface area contributed by atoms with Gasteiger partial charge >= 0.3 is 0 Å². The normalized spacial score (nSPS) is 11.6. The molecule has 0 aliphatic rings. The number of fused-ring (bicyclic) bond motifs is 1. The lowest BCUT2D eigenvalue weighted by Gasteiger charge is -2.07. The molecule has 0 unspecified atom stereocenters. The topological polar surface area (TPSA) is 121 Å². The largest absolute Gasteiger partial charge is 0.506 e. The molecule has 31 heavy (non-hydrogen) atoms. The number of anilines is 1. The second kappa shape index (κ2) is 8.54. The number of hydrogen-bond donors (Lipinski definition) is 3. The molecule has 2 aromatic carbocycles. The first kappa shape index (κ1) is 20.5. The Balaban J connectivity index is 1.43. The van der Waals surface area contributed by atoms with Gasteiger partial charge in [-0.15, -0.1) is 11.3 Å². The first-order valence-corrected chi connectivity index (χ1v) is 11.4. The van der Waals surface area contributed by atoms with Gasteiger partial charge < -0.3 is 5.11 Å². The average molecular weight is 453 g/mol. The molecule has 0 saturated heterocycles. The van der Waals surface area contributed by atoms with Crippen molar-refractivity contribution in [3.8, 4) is 5.75 Å².